The van der Waals surface area contributed by atoms with Gasteiger partial charge in [0.15, 0.2) is 12.2 Å². The first-order valence-corrected chi connectivity index (χ1v) is 13.1. The van der Waals surface area contributed by atoms with Crippen LogP contribution in [-0.4, -0.2) is 34.4 Å². The van der Waals surface area contributed by atoms with Crippen LogP contribution in [-0.2, 0) is 31.2 Å². The van der Waals surface area contributed by atoms with Crippen molar-refractivity contribution in [3.8, 4) is 11.5 Å². The van der Waals surface area contributed by atoms with Crippen LogP contribution >= 0.6 is 0 Å². The van der Waals surface area contributed by atoms with Crippen LogP contribution in [0.15, 0.2) is 36.4 Å². The highest BCUT2D eigenvalue weighted by Crippen LogP contribution is 2.37. The lowest BCUT2D eigenvalue weighted by atomic mass is 9.80. The van der Waals surface area contributed by atoms with Gasteiger partial charge in [-0.3, -0.25) is 0 Å². The van der Waals surface area contributed by atoms with E-state index >= 15 is 0 Å². The quantitative estimate of drug-likeness (QED) is 0.361. The first kappa shape index (κ1) is 31.5. The van der Waals surface area contributed by atoms with Gasteiger partial charge in [-0.25, -0.2) is 9.59 Å². The summed E-state index contributed by atoms with van der Waals surface area (Å²) in [5, 5.41) is 21.1. The second-order valence-electron chi connectivity index (χ2n) is 14.2. The third kappa shape index (κ3) is 7.67. The fourth-order valence-electron chi connectivity index (χ4n) is 3.94. The van der Waals surface area contributed by atoms with Gasteiger partial charge >= 0.3 is 11.9 Å². The first-order valence-electron chi connectivity index (χ1n) is 13.1. The van der Waals surface area contributed by atoms with Gasteiger partial charge < -0.3 is 19.7 Å². The Balaban J connectivity index is 2.28. The summed E-state index contributed by atoms with van der Waals surface area (Å²) in [6, 6.07) is 11.1. The number of benzene rings is 2. The fraction of sp³-hybridized carbons (Fsp3) is 0.562. The molecule has 0 aliphatic heterocycles. The van der Waals surface area contributed by atoms with E-state index in [9.17, 15) is 19.8 Å². The molecule has 0 aliphatic carbocycles. The molecule has 0 saturated carbocycles. The second-order valence-corrected chi connectivity index (χ2v) is 14.2. The highest BCUT2D eigenvalue weighted by atomic mass is 16.6. The number of ether oxygens (including phenoxy) is 2. The van der Waals surface area contributed by atoms with Crippen molar-refractivity contribution in [3.05, 3.63) is 58.7 Å². The van der Waals surface area contributed by atoms with Gasteiger partial charge in [0.25, 0.3) is 0 Å². The molecule has 0 radical (unpaired) electrons. The van der Waals surface area contributed by atoms with E-state index in [4.69, 9.17) is 9.47 Å². The molecule has 0 aromatic heterocycles. The topological polar surface area (TPSA) is 93.1 Å². The van der Waals surface area contributed by atoms with Crippen LogP contribution < -0.4 is 9.47 Å². The molecule has 6 nitrogen and oxygen atoms in total. The number of rotatable bonds is 5. The minimum Gasteiger partial charge on any atom is -0.424 e. The van der Waals surface area contributed by atoms with Crippen molar-refractivity contribution in [2.45, 2.75) is 117 Å². The van der Waals surface area contributed by atoms with Crippen LogP contribution in [0.2, 0.25) is 0 Å². The van der Waals surface area contributed by atoms with E-state index in [0.717, 1.165) is 22.3 Å². The summed E-state index contributed by atoms with van der Waals surface area (Å²) in [6.07, 6.45) is -4.24. The summed E-state index contributed by atoms with van der Waals surface area (Å²) in [7, 11) is 0. The Morgan fingerprint density at radius 3 is 1.08 bits per heavy atom. The van der Waals surface area contributed by atoms with Gasteiger partial charge in [-0.1, -0.05) is 107 Å². The summed E-state index contributed by atoms with van der Waals surface area (Å²) < 4.78 is 11.0. The molecule has 6 heteroatoms. The Labute approximate surface area is 228 Å². The highest BCUT2D eigenvalue weighted by Gasteiger charge is 2.36. The van der Waals surface area contributed by atoms with Gasteiger partial charge in [-0.15, -0.1) is 0 Å². The number of carbonyl (C=O) groups excluding carboxylic acids is 2. The van der Waals surface area contributed by atoms with Crippen LogP contribution in [0, 0.1) is 0 Å². The largest absolute Gasteiger partial charge is 0.424 e. The number of hydrogen-bond donors (Lipinski definition) is 2. The molecule has 0 bridgehead atoms. The third-order valence-electron chi connectivity index (χ3n) is 6.51. The normalized spacial score (nSPS) is 14.6. The maximum atomic E-state index is 12.8. The summed E-state index contributed by atoms with van der Waals surface area (Å²) in [5.74, 6) is -1.74. The molecule has 0 saturated heterocycles. The molecule has 38 heavy (non-hydrogen) atoms. The number of carbonyl (C=O) groups is 2. The smallest absolute Gasteiger partial charge is 0.343 e. The first-order chi connectivity index (χ1) is 17.0. The van der Waals surface area contributed by atoms with Crippen LogP contribution in [0.4, 0.5) is 0 Å². The van der Waals surface area contributed by atoms with Crippen molar-refractivity contribution in [2.75, 3.05) is 0 Å². The summed E-state index contributed by atoms with van der Waals surface area (Å²) in [6.45, 7) is 24.5. The Kier molecular flexibility index (Phi) is 8.97. The lowest BCUT2D eigenvalue weighted by molar-refractivity contribution is -0.162. The number of hydrogen-bond acceptors (Lipinski definition) is 6. The van der Waals surface area contributed by atoms with Gasteiger partial charge in [0.05, 0.1) is 0 Å². The average molecular weight is 527 g/mol. The molecule has 2 aromatic carbocycles. The van der Waals surface area contributed by atoms with Crippen LogP contribution in [0.5, 0.6) is 11.5 Å². The minimum absolute atomic E-state index is 0.112. The number of aliphatic hydroxyl groups excluding tert-OH is 2. The molecule has 2 N–H and O–H groups in total. The van der Waals surface area contributed by atoms with Gasteiger partial charge in [0.2, 0.25) is 0 Å². The van der Waals surface area contributed by atoms with Crippen molar-refractivity contribution in [1.29, 1.82) is 0 Å². The van der Waals surface area contributed by atoms with Gasteiger partial charge in [0.1, 0.15) is 11.5 Å². The predicted octanol–water partition coefficient (Wildman–Crippen LogP) is 6.11. The van der Waals surface area contributed by atoms with E-state index in [-0.39, 0.29) is 33.2 Å². The maximum Gasteiger partial charge on any atom is 0.343 e. The fourth-order valence-corrected chi connectivity index (χ4v) is 3.94. The monoisotopic (exact) mass is 526 g/mol. The summed E-state index contributed by atoms with van der Waals surface area (Å²) in [5.41, 5.74) is 2.74. The van der Waals surface area contributed by atoms with Gasteiger partial charge in [0, 0.05) is 11.1 Å². The van der Waals surface area contributed by atoms with E-state index in [2.05, 4.69) is 41.5 Å². The highest BCUT2D eigenvalue weighted by molar-refractivity contribution is 5.87. The molecule has 2 atom stereocenters. The van der Waals surface area contributed by atoms with E-state index in [1.54, 1.807) is 12.1 Å². The van der Waals surface area contributed by atoms with E-state index < -0.39 is 24.1 Å². The zero-order valence-corrected chi connectivity index (χ0v) is 25.1. The Bertz CT molecular complexity index is 1070. The van der Waals surface area contributed by atoms with Crippen molar-refractivity contribution < 1.29 is 29.3 Å². The van der Waals surface area contributed by atoms with Crippen molar-refractivity contribution in [2.24, 2.45) is 0 Å². The Morgan fingerprint density at radius 2 is 0.842 bits per heavy atom. The maximum absolute atomic E-state index is 12.8. The summed E-state index contributed by atoms with van der Waals surface area (Å²) >= 11 is 0. The number of esters is 2. The van der Waals surface area contributed by atoms with Crippen molar-refractivity contribution >= 4 is 11.9 Å². The Hall–Kier alpha value is -2.70. The molecular formula is C32H46O6. The van der Waals surface area contributed by atoms with Gasteiger partial charge in [-0.05, 0) is 44.9 Å². The van der Waals surface area contributed by atoms with Crippen molar-refractivity contribution in [3.63, 3.8) is 0 Å². The van der Waals surface area contributed by atoms with Crippen molar-refractivity contribution in [1.82, 2.24) is 0 Å². The number of aliphatic hydroxyl groups is 2. The predicted molar refractivity (Wildman–Crippen MR) is 151 cm³/mol. The van der Waals surface area contributed by atoms with Gasteiger partial charge in [-0.2, -0.15) is 0 Å². The molecule has 0 amide bonds. The lowest BCUT2D eigenvalue weighted by Gasteiger charge is -2.28. The minimum atomic E-state index is -2.12. The Morgan fingerprint density at radius 1 is 0.553 bits per heavy atom. The molecule has 210 valence electrons. The molecule has 2 aromatic rings. The zero-order valence-electron chi connectivity index (χ0n) is 25.1. The van der Waals surface area contributed by atoms with Crippen LogP contribution in [0.3, 0.4) is 0 Å². The SMILES string of the molecule is CC(C)(C)c1ccc(OC(=O)[C@H](O)[C@@H](O)C(=O)Oc2ccc(C(C)(C)C)cc2C(C)(C)C)c(C(C)(C)C)c1. The zero-order chi connectivity index (χ0) is 29.4. The standard InChI is InChI=1S/C32H46O6/c1-29(2,3)19-13-15-23(21(17-19)31(7,8)9)37-27(35)25(33)26(34)28(36)38-24-16-14-20(30(4,5)6)18-22(24)32(10,11)12/h13-18,25-26,33-34H,1-12H3/t25-,26-/m1/s1. The molecule has 0 fully saturated rings. The molecule has 0 aliphatic rings. The average Bonchev–Trinajstić information content (AvgIpc) is 2.75. The molecule has 0 spiro atoms. The molecular weight excluding hydrogens is 480 g/mol. The van der Waals surface area contributed by atoms with Crippen LogP contribution in [0.1, 0.15) is 105 Å². The second kappa shape index (κ2) is 10.8. The van der Waals surface area contributed by atoms with E-state index in [1.165, 1.54) is 0 Å². The molecule has 0 heterocycles. The third-order valence-corrected chi connectivity index (χ3v) is 6.51. The summed E-state index contributed by atoms with van der Waals surface area (Å²) in [4.78, 5) is 25.6. The molecule has 0 unspecified atom stereocenters. The van der Waals surface area contributed by atoms with E-state index in [0.29, 0.717) is 0 Å². The van der Waals surface area contributed by atoms with E-state index in [1.807, 2.05) is 65.8 Å². The van der Waals surface area contributed by atoms with Crippen LogP contribution in [0.25, 0.3) is 0 Å². The lowest BCUT2D eigenvalue weighted by Crippen LogP contribution is -2.44. The molecule has 2 rings (SSSR count).